The highest BCUT2D eigenvalue weighted by molar-refractivity contribution is 7.89. The predicted molar refractivity (Wildman–Crippen MR) is 95.1 cm³/mol. The van der Waals surface area contributed by atoms with Gasteiger partial charge < -0.3 is 4.90 Å². The van der Waals surface area contributed by atoms with Gasteiger partial charge in [-0.3, -0.25) is 9.78 Å². The zero-order chi connectivity index (χ0) is 18.7. The Bertz CT molecular complexity index is 979. The van der Waals surface area contributed by atoms with E-state index in [4.69, 9.17) is 16.9 Å². The summed E-state index contributed by atoms with van der Waals surface area (Å²) >= 11 is 5.88. The van der Waals surface area contributed by atoms with Crippen LogP contribution in [0.3, 0.4) is 0 Å². The van der Waals surface area contributed by atoms with E-state index in [0.29, 0.717) is 5.02 Å². The smallest absolute Gasteiger partial charge is 0.272 e. The van der Waals surface area contributed by atoms with Crippen LogP contribution >= 0.6 is 11.6 Å². The predicted octanol–water partition coefficient (Wildman–Crippen LogP) is 1.75. The van der Waals surface area contributed by atoms with Gasteiger partial charge in [0.25, 0.3) is 5.91 Å². The van der Waals surface area contributed by atoms with Crippen molar-refractivity contribution in [2.45, 2.75) is 4.90 Å². The van der Waals surface area contributed by atoms with Crippen molar-refractivity contribution in [1.29, 1.82) is 5.26 Å². The molecule has 1 amide bonds. The lowest BCUT2D eigenvalue weighted by Crippen LogP contribution is -2.50. The number of benzene rings is 1. The first-order valence-electron chi connectivity index (χ1n) is 7.83. The molecule has 2 heterocycles. The number of aromatic nitrogens is 1. The van der Waals surface area contributed by atoms with Crippen LogP contribution in [0.5, 0.6) is 0 Å². The van der Waals surface area contributed by atoms with E-state index >= 15 is 0 Å². The second-order valence-corrected chi connectivity index (χ2v) is 8.01. The number of nitrogens with zero attached hydrogens (tertiary/aromatic N) is 4. The summed E-state index contributed by atoms with van der Waals surface area (Å²) in [5.74, 6) is -0.290. The summed E-state index contributed by atoms with van der Waals surface area (Å²) in [6.07, 6.45) is 1.45. The molecule has 1 aromatic carbocycles. The zero-order valence-electron chi connectivity index (χ0n) is 13.7. The van der Waals surface area contributed by atoms with Gasteiger partial charge in [-0.2, -0.15) is 9.57 Å². The maximum Gasteiger partial charge on any atom is 0.272 e. The summed E-state index contributed by atoms with van der Waals surface area (Å²) in [5, 5.41) is 9.55. The molecule has 0 atom stereocenters. The van der Waals surface area contributed by atoms with Crippen LogP contribution in [0.4, 0.5) is 0 Å². The quantitative estimate of drug-likeness (QED) is 0.795. The average molecular weight is 391 g/mol. The highest BCUT2D eigenvalue weighted by Gasteiger charge is 2.32. The fourth-order valence-corrected chi connectivity index (χ4v) is 4.46. The standard InChI is InChI=1S/C17H15ClN4O3S/c18-14-5-6-20-15(11-14)17(23)21-7-9-22(10-8-21)26(24,25)16-4-2-1-3-13(16)12-19/h1-6,11H,7-10H2. The topological polar surface area (TPSA) is 94.4 Å². The summed E-state index contributed by atoms with van der Waals surface area (Å²) in [6, 6.07) is 11.1. The van der Waals surface area contributed by atoms with Gasteiger partial charge in [0.05, 0.1) is 10.5 Å². The number of pyridine rings is 1. The van der Waals surface area contributed by atoms with Gasteiger partial charge in [0.15, 0.2) is 0 Å². The van der Waals surface area contributed by atoms with Crippen molar-refractivity contribution in [1.82, 2.24) is 14.2 Å². The third kappa shape index (κ3) is 3.55. The summed E-state index contributed by atoms with van der Waals surface area (Å²) in [7, 11) is -3.79. The van der Waals surface area contributed by atoms with Crippen molar-refractivity contribution >= 4 is 27.5 Å². The summed E-state index contributed by atoms with van der Waals surface area (Å²) in [4.78, 5) is 18.0. The number of amides is 1. The maximum atomic E-state index is 12.8. The first kappa shape index (κ1) is 18.3. The van der Waals surface area contributed by atoms with Crippen LogP contribution in [0.1, 0.15) is 16.1 Å². The van der Waals surface area contributed by atoms with Gasteiger partial charge in [-0.05, 0) is 24.3 Å². The van der Waals surface area contributed by atoms with Gasteiger partial charge >= 0.3 is 0 Å². The molecule has 134 valence electrons. The maximum absolute atomic E-state index is 12.8. The number of sulfonamides is 1. The number of rotatable bonds is 3. The molecule has 0 bridgehead atoms. The molecule has 0 unspecified atom stereocenters. The van der Waals surface area contributed by atoms with E-state index in [2.05, 4.69) is 4.98 Å². The molecule has 7 nitrogen and oxygen atoms in total. The SMILES string of the molecule is N#Cc1ccccc1S(=O)(=O)N1CCN(C(=O)c2cc(Cl)ccn2)CC1. The Balaban J connectivity index is 1.74. The van der Waals surface area contributed by atoms with Crippen LogP contribution in [0.2, 0.25) is 5.02 Å². The third-order valence-electron chi connectivity index (χ3n) is 4.09. The van der Waals surface area contributed by atoms with Crippen molar-refractivity contribution in [3.05, 3.63) is 58.9 Å². The Morgan fingerprint density at radius 3 is 2.50 bits per heavy atom. The monoisotopic (exact) mass is 390 g/mol. The first-order chi connectivity index (χ1) is 12.4. The molecular formula is C17H15ClN4O3S. The third-order valence-corrected chi connectivity index (χ3v) is 6.28. The van der Waals surface area contributed by atoms with Gasteiger partial charge in [-0.15, -0.1) is 0 Å². The molecule has 9 heteroatoms. The fraction of sp³-hybridized carbons (Fsp3) is 0.235. The van der Waals surface area contributed by atoms with Crippen molar-refractivity contribution in [2.24, 2.45) is 0 Å². The number of halogens is 1. The van der Waals surface area contributed by atoms with E-state index < -0.39 is 10.0 Å². The second kappa shape index (κ2) is 7.41. The van der Waals surface area contributed by atoms with Crippen molar-refractivity contribution in [3.63, 3.8) is 0 Å². The van der Waals surface area contributed by atoms with E-state index in [-0.39, 0.29) is 48.2 Å². The van der Waals surface area contributed by atoms with E-state index in [9.17, 15) is 13.2 Å². The Hall–Kier alpha value is -2.47. The van der Waals surface area contributed by atoms with Crippen LogP contribution in [0, 0.1) is 11.3 Å². The number of carbonyl (C=O) groups is 1. The van der Waals surface area contributed by atoms with E-state index in [1.807, 2.05) is 6.07 Å². The molecule has 1 fully saturated rings. The normalized spacial score (nSPS) is 15.5. The Morgan fingerprint density at radius 2 is 1.85 bits per heavy atom. The summed E-state index contributed by atoms with van der Waals surface area (Å²) < 4.78 is 26.9. The van der Waals surface area contributed by atoms with Crippen LogP contribution in [0.15, 0.2) is 47.5 Å². The summed E-state index contributed by atoms with van der Waals surface area (Å²) in [5.41, 5.74) is 0.331. The zero-order valence-corrected chi connectivity index (χ0v) is 15.2. The van der Waals surface area contributed by atoms with Gasteiger partial charge in [0.2, 0.25) is 10.0 Å². The van der Waals surface area contributed by atoms with Crippen LogP contribution in [0.25, 0.3) is 0 Å². The van der Waals surface area contributed by atoms with Crippen molar-refractivity contribution < 1.29 is 13.2 Å². The van der Waals surface area contributed by atoms with Gasteiger partial charge in [0, 0.05) is 37.4 Å². The molecule has 0 spiro atoms. The average Bonchev–Trinajstić information content (AvgIpc) is 2.67. The van der Waals surface area contributed by atoms with Crippen LogP contribution in [-0.4, -0.2) is 54.7 Å². The summed E-state index contributed by atoms with van der Waals surface area (Å²) in [6.45, 7) is 0.769. The number of hydrogen-bond acceptors (Lipinski definition) is 5. The first-order valence-corrected chi connectivity index (χ1v) is 9.65. The molecule has 0 N–H and O–H groups in total. The van der Waals surface area contributed by atoms with Gasteiger partial charge in [0.1, 0.15) is 11.8 Å². The van der Waals surface area contributed by atoms with Crippen LogP contribution < -0.4 is 0 Å². The number of nitriles is 1. The Kier molecular flexibility index (Phi) is 5.23. The number of piperazine rings is 1. The molecule has 3 rings (SSSR count). The molecule has 2 aromatic rings. The Labute approximate surface area is 156 Å². The van der Waals surface area contributed by atoms with Crippen molar-refractivity contribution in [3.8, 4) is 6.07 Å². The second-order valence-electron chi connectivity index (χ2n) is 5.66. The van der Waals surface area contributed by atoms with Gasteiger partial charge in [-0.25, -0.2) is 8.42 Å². The number of hydrogen-bond donors (Lipinski definition) is 0. The largest absolute Gasteiger partial charge is 0.335 e. The number of carbonyl (C=O) groups excluding carboxylic acids is 1. The molecule has 1 aliphatic rings. The molecular weight excluding hydrogens is 376 g/mol. The fourth-order valence-electron chi connectivity index (χ4n) is 2.74. The lowest BCUT2D eigenvalue weighted by Gasteiger charge is -2.34. The minimum atomic E-state index is -3.79. The molecule has 0 aliphatic carbocycles. The molecule has 0 saturated carbocycles. The lowest BCUT2D eigenvalue weighted by molar-refractivity contribution is 0.0692. The van der Waals surface area contributed by atoms with Crippen molar-refractivity contribution in [2.75, 3.05) is 26.2 Å². The molecule has 1 saturated heterocycles. The molecule has 1 aliphatic heterocycles. The van der Waals surface area contributed by atoms with E-state index in [1.54, 1.807) is 23.1 Å². The van der Waals surface area contributed by atoms with Gasteiger partial charge in [-0.1, -0.05) is 23.7 Å². The molecule has 26 heavy (non-hydrogen) atoms. The minimum Gasteiger partial charge on any atom is -0.335 e. The van der Waals surface area contributed by atoms with E-state index in [0.717, 1.165) is 0 Å². The van der Waals surface area contributed by atoms with E-state index in [1.165, 1.54) is 28.7 Å². The molecule has 1 aromatic heterocycles. The lowest BCUT2D eigenvalue weighted by atomic mass is 10.2. The highest BCUT2D eigenvalue weighted by Crippen LogP contribution is 2.21. The van der Waals surface area contributed by atoms with Crippen LogP contribution in [-0.2, 0) is 10.0 Å². The molecule has 0 radical (unpaired) electrons. The Morgan fingerprint density at radius 1 is 1.15 bits per heavy atom. The minimum absolute atomic E-state index is 0.0150. The highest BCUT2D eigenvalue weighted by atomic mass is 35.5.